The first-order valence-electron chi connectivity index (χ1n) is 9.42. The van der Waals surface area contributed by atoms with Gasteiger partial charge in [-0.15, -0.1) is 0 Å². The molecule has 0 spiro atoms. The van der Waals surface area contributed by atoms with E-state index < -0.39 is 35.3 Å². The Hall–Kier alpha value is -2.53. The number of aromatic amines is 1. The van der Waals surface area contributed by atoms with Crippen LogP contribution in [0.15, 0.2) is 36.9 Å². The summed E-state index contributed by atoms with van der Waals surface area (Å²) in [4.78, 5) is 19.6. The van der Waals surface area contributed by atoms with Gasteiger partial charge in [0.2, 0.25) is 5.91 Å². The Bertz CT molecular complexity index is 1040. The molecule has 0 saturated carbocycles. The summed E-state index contributed by atoms with van der Waals surface area (Å²) in [5, 5.41) is 7.31. The number of amides is 1. The number of carbonyl (C=O) groups is 1. The third-order valence-electron chi connectivity index (χ3n) is 5.41. The van der Waals surface area contributed by atoms with Crippen LogP contribution in [0.4, 0.5) is 13.2 Å². The second-order valence-corrected chi connectivity index (χ2v) is 9.11. The minimum atomic E-state index is -4.47. The first kappa shape index (κ1) is 20.7. The van der Waals surface area contributed by atoms with Gasteiger partial charge in [-0.1, -0.05) is 11.2 Å². The van der Waals surface area contributed by atoms with Crippen LogP contribution in [0.3, 0.4) is 0 Å². The van der Waals surface area contributed by atoms with E-state index in [0.717, 1.165) is 22.2 Å². The van der Waals surface area contributed by atoms with Gasteiger partial charge in [0.25, 0.3) is 0 Å². The molecule has 0 atom stereocenters. The number of alkyl halides is 3. The summed E-state index contributed by atoms with van der Waals surface area (Å²) in [7, 11) is 0. The second kappa shape index (κ2) is 7.95. The van der Waals surface area contributed by atoms with Crippen LogP contribution < -0.4 is 5.32 Å². The zero-order chi connectivity index (χ0) is 21.4. The van der Waals surface area contributed by atoms with E-state index in [1.807, 2.05) is 17.4 Å². The van der Waals surface area contributed by atoms with Crippen LogP contribution >= 0.6 is 0 Å². The third kappa shape index (κ3) is 4.31. The Morgan fingerprint density at radius 1 is 1.33 bits per heavy atom. The van der Waals surface area contributed by atoms with E-state index in [1.54, 1.807) is 29.5 Å². The number of nitrogens with zero attached hydrogens (tertiary/aromatic N) is 3. The maximum absolute atomic E-state index is 12.5. The van der Waals surface area contributed by atoms with Gasteiger partial charge >= 0.3 is 6.18 Å². The zero-order valence-electron chi connectivity index (χ0n) is 15.9. The van der Waals surface area contributed by atoms with Crippen molar-refractivity contribution in [3.05, 3.63) is 36.9 Å². The van der Waals surface area contributed by atoms with Crippen molar-refractivity contribution in [2.75, 3.05) is 18.1 Å². The van der Waals surface area contributed by atoms with E-state index >= 15 is 0 Å². The highest BCUT2D eigenvalue weighted by molar-refractivity contribution is 7.91. The van der Waals surface area contributed by atoms with Crippen LogP contribution in [0, 0.1) is 0 Å². The van der Waals surface area contributed by atoms with Crippen LogP contribution in [-0.2, 0) is 21.5 Å². The number of H-pyrrole nitrogens is 1. The van der Waals surface area contributed by atoms with Crippen LogP contribution in [0.25, 0.3) is 22.2 Å². The monoisotopic (exact) mass is 439 g/mol. The first-order chi connectivity index (χ1) is 14.3. The van der Waals surface area contributed by atoms with Crippen LogP contribution in [-0.4, -0.2) is 54.4 Å². The molecule has 30 heavy (non-hydrogen) atoms. The molecule has 0 aromatic carbocycles. The predicted octanol–water partition coefficient (Wildman–Crippen LogP) is 2.73. The van der Waals surface area contributed by atoms with Crippen LogP contribution in [0.2, 0.25) is 0 Å². The van der Waals surface area contributed by atoms with Crippen LogP contribution in [0.1, 0.15) is 19.3 Å². The SMILES string of the molecule is O=C(CC1(n2cc(-c3ccnc4[nH]ccc34)cn2)CC[S+]([O-])CC1)NCC(F)(F)F. The lowest BCUT2D eigenvalue weighted by atomic mass is 9.88. The Balaban J connectivity index is 1.62. The zero-order valence-corrected chi connectivity index (χ0v) is 16.7. The molecule has 1 aliphatic rings. The number of rotatable bonds is 5. The normalized spacial score (nSPS) is 22.3. The maximum Gasteiger partial charge on any atom is 0.405 e. The number of hydrogen-bond donors (Lipinski definition) is 2. The third-order valence-corrected chi connectivity index (χ3v) is 6.72. The van der Waals surface area contributed by atoms with Crippen molar-refractivity contribution >= 4 is 28.1 Å². The highest BCUT2D eigenvalue weighted by Crippen LogP contribution is 2.36. The molecule has 160 valence electrons. The van der Waals surface area contributed by atoms with Crippen molar-refractivity contribution in [2.24, 2.45) is 0 Å². The molecule has 2 N–H and O–H groups in total. The van der Waals surface area contributed by atoms with Gasteiger partial charge in [0.05, 0.1) is 18.2 Å². The Morgan fingerprint density at radius 3 is 2.83 bits per heavy atom. The fourth-order valence-electron chi connectivity index (χ4n) is 3.82. The summed E-state index contributed by atoms with van der Waals surface area (Å²) in [5.41, 5.74) is 1.63. The van der Waals surface area contributed by atoms with Crippen molar-refractivity contribution in [1.29, 1.82) is 0 Å². The van der Waals surface area contributed by atoms with E-state index in [1.165, 1.54) is 0 Å². The number of halogens is 3. The molecule has 0 radical (unpaired) electrons. The van der Waals surface area contributed by atoms with Gasteiger partial charge in [0.1, 0.15) is 23.7 Å². The lowest BCUT2D eigenvalue weighted by molar-refractivity contribution is -0.139. The Labute approximate surface area is 173 Å². The van der Waals surface area contributed by atoms with Gasteiger partial charge in [-0.05, 0) is 17.7 Å². The average molecular weight is 439 g/mol. The minimum Gasteiger partial charge on any atom is -0.616 e. The van der Waals surface area contributed by atoms with Gasteiger partial charge < -0.3 is 14.9 Å². The minimum absolute atomic E-state index is 0.155. The number of hydrogen-bond acceptors (Lipinski definition) is 4. The molecule has 1 saturated heterocycles. The molecule has 4 rings (SSSR count). The summed E-state index contributed by atoms with van der Waals surface area (Å²) in [6.45, 7) is -1.37. The van der Waals surface area contributed by atoms with Crippen molar-refractivity contribution < 1.29 is 22.5 Å². The van der Waals surface area contributed by atoms with E-state index in [4.69, 9.17) is 0 Å². The molecular weight excluding hydrogens is 419 g/mol. The van der Waals surface area contributed by atoms with E-state index in [2.05, 4.69) is 15.1 Å². The van der Waals surface area contributed by atoms with E-state index in [9.17, 15) is 22.5 Å². The molecule has 1 fully saturated rings. The van der Waals surface area contributed by atoms with Crippen LogP contribution in [0.5, 0.6) is 0 Å². The number of nitrogens with one attached hydrogen (secondary N) is 2. The Morgan fingerprint density at radius 2 is 2.10 bits per heavy atom. The summed E-state index contributed by atoms with van der Waals surface area (Å²) in [5.74, 6) is 0.0481. The molecule has 3 aromatic heterocycles. The number of fused-ring (bicyclic) bond motifs is 1. The summed E-state index contributed by atoms with van der Waals surface area (Å²) in [6.07, 6.45) is 3.10. The predicted molar refractivity (Wildman–Crippen MR) is 106 cm³/mol. The van der Waals surface area contributed by atoms with Gasteiger partial charge in [-0.25, -0.2) is 4.98 Å². The number of pyridine rings is 1. The molecule has 0 aliphatic carbocycles. The number of aromatic nitrogens is 4. The van der Waals surface area contributed by atoms with Gasteiger partial charge in [0.15, 0.2) is 0 Å². The molecule has 3 aromatic rings. The largest absolute Gasteiger partial charge is 0.616 e. The standard InChI is InChI=1S/C19H20F3N5O2S/c20-19(21,22)12-25-16(28)9-18(3-7-30(29)8-4-18)27-11-13(10-26-27)14-1-5-23-17-15(14)2-6-24-17/h1-2,5-6,10-11H,3-4,7-9,12H2,(H,23,24)(H,25,28). The van der Waals surface area contributed by atoms with Crippen molar-refractivity contribution in [2.45, 2.75) is 31.0 Å². The molecule has 0 unspecified atom stereocenters. The van der Waals surface area contributed by atoms with Gasteiger partial charge in [-0.2, -0.15) is 18.3 Å². The highest BCUT2D eigenvalue weighted by atomic mass is 32.2. The van der Waals surface area contributed by atoms with Gasteiger partial charge in [0, 0.05) is 42.4 Å². The molecule has 4 heterocycles. The summed E-state index contributed by atoms with van der Waals surface area (Å²) < 4.78 is 51.0. The van der Waals surface area contributed by atoms with Crippen molar-refractivity contribution in [3.8, 4) is 11.1 Å². The van der Waals surface area contributed by atoms with E-state index in [-0.39, 0.29) is 6.42 Å². The highest BCUT2D eigenvalue weighted by Gasteiger charge is 2.42. The molecule has 0 bridgehead atoms. The quantitative estimate of drug-likeness (QED) is 0.597. The smallest absolute Gasteiger partial charge is 0.405 e. The molecule has 7 nitrogen and oxygen atoms in total. The first-order valence-corrected chi connectivity index (χ1v) is 10.9. The van der Waals surface area contributed by atoms with E-state index in [0.29, 0.717) is 24.3 Å². The molecule has 11 heteroatoms. The van der Waals surface area contributed by atoms with Crippen molar-refractivity contribution in [3.63, 3.8) is 0 Å². The lowest BCUT2D eigenvalue weighted by Gasteiger charge is -2.37. The fourth-order valence-corrected chi connectivity index (χ4v) is 5.24. The summed E-state index contributed by atoms with van der Waals surface area (Å²) >= 11 is -1.00. The average Bonchev–Trinajstić information content (AvgIpc) is 3.37. The maximum atomic E-state index is 12.5. The van der Waals surface area contributed by atoms with Crippen molar-refractivity contribution in [1.82, 2.24) is 25.1 Å². The van der Waals surface area contributed by atoms with Gasteiger partial charge in [-0.3, -0.25) is 9.48 Å². The summed E-state index contributed by atoms with van der Waals surface area (Å²) in [6, 6.07) is 3.76. The topological polar surface area (TPSA) is 98.7 Å². The molecule has 1 aliphatic heterocycles. The fraction of sp³-hybridized carbons (Fsp3) is 0.421. The molecular formula is C19H20F3N5O2S. The molecule has 1 amide bonds. The number of carbonyl (C=O) groups excluding carboxylic acids is 1. The Kier molecular flexibility index (Phi) is 5.49. The lowest BCUT2D eigenvalue weighted by Crippen LogP contribution is -2.46. The second-order valence-electron chi connectivity index (χ2n) is 7.41.